The average molecular weight is 240 g/mol. The van der Waals surface area contributed by atoms with Crippen molar-refractivity contribution < 1.29 is 9.50 Å². The number of fused-ring (bicyclic) bond motifs is 1. The fourth-order valence-electron chi connectivity index (χ4n) is 3.34. The van der Waals surface area contributed by atoms with Crippen molar-refractivity contribution in [3.05, 3.63) is 12.7 Å². The van der Waals surface area contributed by atoms with Gasteiger partial charge in [0.1, 0.15) is 6.17 Å². The van der Waals surface area contributed by atoms with Gasteiger partial charge < -0.3 is 5.11 Å². The van der Waals surface area contributed by atoms with Gasteiger partial charge >= 0.3 is 0 Å². The molecule has 0 heterocycles. The topological polar surface area (TPSA) is 20.2 Å². The lowest BCUT2D eigenvalue weighted by Crippen LogP contribution is -2.24. The molecule has 2 aliphatic carbocycles. The predicted octanol–water partition coefficient (Wildman–Crippen LogP) is 3.87. The molecule has 5 unspecified atom stereocenters. The Labute approximate surface area is 104 Å². The predicted molar refractivity (Wildman–Crippen MR) is 68.5 cm³/mol. The molecular formula is C15H25FO. The van der Waals surface area contributed by atoms with Gasteiger partial charge in [-0.25, -0.2) is 4.39 Å². The van der Waals surface area contributed by atoms with Crippen LogP contribution in [0.5, 0.6) is 0 Å². The Morgan fingerprint density at radius 3 is 2.76 bits per heavy atom. The molecule has 0 aromatic carbocycles. The second kappa shape index (κ2) is 5.99. The highest BCUT2D eigenvalue weighted by Gasteiger charge is 2.40. The SMILES string of the molecule is C=CCC(F)CC1CCCCC2CC2CC1O. The summed E-state index contributed by atoms with van der Waals surface area (Å²) in [7, 11) is 0. The summed E-state index contributed by atoms with van der Waals surface area (Å²) in [6, 6.07) is 0. The molecule has 1 nitrogen and oxygen atoms in total. The van der Waals surface area contributed by atoms with Crippen LogP contribution >= 0.6 is 0 Å². The second-order valence-corrected chi connectivity index (χ2v) is 5.96. The summed E-state index contributed by atoms with van der Waals surface area (Å²) >= 11 is 0. The lowest BCUT2D eigenvalue weighted by Gasteiger charge is -2.23. The van der Waals surface area contributed by atoms with E-state index < -0.39 is 6.17 Å². The molecule has 2 heteroatoms. The van der Waals surface area contributed by atoms with Crippen LogP contribution in [0.25, 0.3) is 0 Å². The number of halogens is 1. The molecule has 2 fully saturated rings. The monoisotopic (exact) mass is 240 g/mol. The summed E-state index contributed by atoms with van der Waals surface area (Å²) in [5, 5.41) is 10.2. The van der Waals surface area contributed by atoms with Gasteiger partial charge in [0.2, 0.25) is 0 Å². The molecule has 98 valence electrons. The first-order chi connectivity index (χ1) is 8.20. The minimum absolute atomic E-state index is 0.171. The highest BCUT2D eigenvalue weighted by atomic mass is 19.1. The molecule has 0 radical (unpaired) electrons. The summed E-state index contributed by atoms with van der Waals surface area (Å²) in [5.74, 6) is 1.78. The first-order valence-corrected chi connectivity index (χ1v) is 7.13. The lowest BCUT2D eigenvalue weighted by molar-refractivity contribution is 0.0679. The lowest BCUT2D eigenvalue weighted by atomic mass is 9.88. The van der Waals surface area contributed by atoms with E-state index in [0.717, 1.165) is 31.1 Å². The van der Waals surface area contributed by atoms with Gasteiger partial charge in [-0.05, 0) is 49.9 Å². The van der Waals surface area contributed by atoms with E-state index in [1.165, 1.54) is 19.3 Å². The van der Waals surface area contributed by atoms with Gasteiger partial charge in [-0.3, -0.25) is 0 Å². The Balaban J connectivity index is 1.85. The van der Waals surface area contributed by atoms with E-state index in [-0.39, 0.29) is 12.0 Å². The van der Waals surface area contributed by atoms with E-state index in [4.69, 9.17) is 0 Å². The number of allylic oxidation sites excluding steroid dienone is 1. The molecule has 0 bridgehead atoms. The molecule has 1 N–H and O–H groups in total. The third-order valence-corrected chi connectivity index (χ3v) is 4.54. The molecule has 0 spiro atoms. The van der Waals surface area contributed by atoms with Crippen molar-refractivity contribution in [2.45, 2.75) is 63.6 Å². The van der Waals surface area contributed by atoms with Crippen molar-refractivity contribution in [1.82, 2.24) is 0 Å². The van der Waals surface area contributed by atoms with Crippen molar-refractivity contribution in [3.63, 3.8) is 0 Å². The van der Waals surface area contributed by atoms with Crippen LogP contribution in [-0.2, 0) is 0 Å². The first kappa shape index (κ1) is 13.1. The summed E-state index contributed by atoms with van der Waals surface area (Å²) in [6.45, 7) is 3.58. The van der Waals surface area contributed by atoms with Crippen LogP contribution in [0, 0.1) is 17.8 Å². The van der Waals surface area contributed by atoms with Crippen LogP contribution in [0.3, 0.4) is 0 Å². The number of aliphatic hydroxyl groups is 1. The zero-order chi connectivity index (χ0) is 12.3. The molecule has 0 aromatic rings. The Bertz CT molecular complexity index is 253. The van der Waals surface area contributed by atoms with Crippen molar-refractivity contribution >= 4 is 0 Å². The summed E-state index contributed by atoms with van der Waals surface area (Å²) in [5.41, 5.74) is 0. The third kappa shape index (κ3) is 3.80. The summed E-state index contributed by atoms with van der Waals surface area (Å²) in [6.07, 6.45) is 8.46. The van der Waals surface area contributed by atoms with Gasteiger partial charge in [0, 0.05) is 0 Å². The number of alkyl halides is 1. The Hall–Kier alpha value is -0.370. The maximum Gasteiger partial charge on any atom is 0.104 e. The molecule has 5 atom stereocenters. The number of hydrogen-bond donors (Lipinski definition) is 1. The fraction of sp³-hybridized carbons (Fsp3) is 0.867. The van der Waals surface area contributed by atoms with E-state index in [0.29, 0.717) is 12.8 Å². The van der Waals surface area contributed by atoms with Crippen LogP contribution in [0.15, 0.2) is 12.7 Å². The van der Waals surface area contributed by atoms with Gasteiger partial charge in [0.05, 0.1) is 6.10 Å². The first-order valence-electron chi connectivity index (χ1n) is 7.13. The van der Waals surface area contributed by atoms with Crippen molar-refractivity contribution in [2.24, 2.45) is 17.8 Å². The van der Waals surface area contributed by atoms with Crippen molar-refractivity contribution in [1.29, 1.82) is 0 Å². The highest BCUT2D eigenvalue weighted by molar-refractivity contribution is 4.91. The molecule has 2 aliphatic rings. The molecular weight excluding hydrogens is 215 g/mol. The molecule has 2 rings (SSSR count). The van der Waals surface area contributed by atoms with Crippen LogP contribution in [0.1, 0.15) is 51.4 Å². The second-order valence-electron chi connectivity index (χ2n) is 5.96. The standard InChI is InChI=1S/C15H25FO/c1-2-5-14(16)9-12-7-4-3-6-11-8-13(11)10-15(12)17/h2,11-15,17H,1,3-10H2. The largest absolute Gasteiger partial charge is 0.393 e. The third-order valence-electron chi connectivity index (χ3n) is 4.54. The molecule has 2 saturated carbocycles. The van der Waals surface area contributed by atoms with E-state index in [1.807, 2.05) is 0 Å². The molecule has 0 amide bonds. The van der Waals surface area contributed by atoms with Gasteiger partial charge in [0.25, 0.3) is 0 Å². The molecule has 0 aromatic heterocycles. The van der Waals surface area contributed by atoms with Gasteiger partial charge in [-0.2, -0.15) is 0 Å². The van der Waals surface area contributed by atoms with Crippen molar-refractivity contribution in [2.75, 3.05) is 0 Å². The van der Waals surface area contributed by atoms with Crippen molar-refractivity contribution in [3.8, 4) is 0 Å². The van der Waals surface area contributed by atoms with E-state index in [1.54, 1.807) is 6.08 Å². The van der Waals surface area contributed by atoms with Crippen LogP contribution in [-0.4, -0.2) is 17.4 Å². The van der Waals surface area contributed by atoms with E-state index in [2.05, 4.69) is 6.58 Å². The summed E-state index contributed by atoms with van der Waals surface area (Å²) < 4.78 is 13.6. The zero-order valence-corrected chi connectivity index (χ0v) is 10.7. The minimum Gasteiger partial charge on any atom is -0.393 e. The van der Waals surface area contributed by atoms with Crippen LogP contribution in [0.4, 0.5) is 4.39 Å². The maximum absolute atomic E-state index is 13.6. The van der Waals surface area contributed by atoms with Gasteiger partial charge in [0.15, 0.2) is 0 Å². The van der Waals surface area contributed by atoms with Crippen LogP contribution < -0.4 is 0 Å². The smallest absolute Gasteiger partial charge is 0.104 e. The average Bonchev–Trinajstić information content (AvgIpc) is 3.00. The molecule has 0 saturated heterocycles. The van der Waals surface area contributed by atoms with E-state index >= 15 is 0 Å². The van der Waals surface area contributed by atoms with Gasteiger partial charge in [-0.1, -0.05) is 25.3 Å². The molecule has 17 heavy (non-hydrogen) atoms. The number of hydrogen-bond acceptors (Lipinski definition) is 1. The minimum atomic E-state index is -0.817. The maximum atomic E-state index is 13.6. The Kier molecular flexibility index (Phi) is 4.61. The Morgan fingerprint density at radius 1 is 1.24 bits per heavy atom. The molecule has 0 aliphatic heterocycles. The summed E-state index contributed by atoms with van der Waals surface area (Å²) in [4.78, 5) is 0. The van der Waals surface area contributed by atoms with E-state index in [9.17, 15) is 9.50 Å². The fourth-order valence-corrected chi connectivity index (χ4v) is 3.34. The van der Waals surface area contributed by atoms with Crippen LogP contribution in [0.2, 0.25) is 0 Å². The normalized spacial score (nSPS) is 39.4. The number of rotatable bonds is 4. The van der Waals surface area contributed by atoms with Gasteiger partial charge in [-0.15, -0.1) is 6.58 Å². The number of aliphatic hydroxyl groups excluding tert-OH is 1. The Morgan fingerprint density at radius 2 is 2.00 bits per heavy atom. The highest BCUT2D eigenvalue weighted by Crippen LogP contribution is 2.47. The zero-order valence-electron chi connectivity index (χ0n) is 10.7. The quantitative estimate of drug-likeness (QED) is 0.740.